The van der Waals surface area contributed by atoms with Gasteiger partial charge in [-0.25, -0.2) is 4.98 Å². The average Bonchev–Trinajstić information content (AvgIpc) is 3.09. The molecule has 5 heteroatoms. The monoisotopic (exact) mass is 310 g/mol. The molecule has 0 unspecified atom stereocenters. The lowest BCUT2D eigenvalue weighted by molar-refractivity contribution is 0.0946. The fraction of sp³-hybridized carbons (Fsp3) is 0.0588. The summed E-state index contributed by atoms with van der Waals surface area (Å²) in [6.45, 7) is 0.388. The fourth-order valence-electron chi connectivity index (χ4n) is 1.96. The zero-order valence-corrected chi connectivity index (χ0v) is 12.5. The number of hydrogen-bond acceptors (Lipinski definition) is 4. The first kappa shape index (κ1) is 14.3. The SMILES string of the molecule is O=C(NCc1ccccc1Oc1ccccc1)c1cscn1. The number of amides is 1. The summed E-state index contributed by atoms with van der Waals surface area (Å²) in [4.78, 5) is 15.9. The molecule has 4 nitrogen and oxygen atoms in total. The summed E-state index contributed by atoms with van der Waals surface area (Å²) in [6, 6.07) is 17.2. The van der Waals surface area contributed by atoms with Crippen LogP contribution in [0.15, 0.2) is 65.5 Å². The maximum atomic E-state index is 11.9. The summed E-state index contributed by atoms with van der Waals surface area (Å²) in [7, 11) is 0. The minimum atomic E-state index is -0.184. The molecule has 1 N–H and O–H groups in total. The first-order valence-corrected chi connectivity index (χ1v) is 7.74. The van der Waals surface area contributed by atoms with Gasteiger partial charge in [0, 0.05) is 17.5 Å². The predicted molar refractivity (Wildman–Crippen MR) is 86.2 cm³/mol. The lowest BCUT2D eigenvalue weighted by atomic mass is 10.2. The highest BCUT2D eigenvalue weighted by molar-refractivity contribution is 7.07. The third-order valence-electron chi connectivity index (χ3n) is 3.05. The normalized spacial score (nSPS) is 10.2. The Kier molecular flexibility index (Phi) is 4.46. The number of rotatable bonds is 5. The molecule has 1 amide bonds. The molecule has 110 valence electrons. The molecule has 0 saturated carbocycles. The topological polar surface area (TPSA) is 51.2 Å². The van der Waals surface area contributed by atoms with Gasteiger partial charge in [-0.15, -0.1) is 11.3 Å². The largest absolute Gasteiger partial charge is 0.457 e. The van der Waals surface area contributed by atoms with Crippen LogP contribution < -0.4 is 10.1 Å². The number of benzene rings is 2. The zero-order chi connectivity index (χ0) is 15.2. The first-order valence-electron chi connectivity index (χ1n) is 6.80. The van der Waals surface area contributed by atoms with Crippen LogP contribution >= 0.6 is 11.3 Å². The van der Waals surface area contributed by atoms with E-state index in [9.17, 15) is 4.79 Å². The lowest BCUT2D eigenvalue weighted by Gasteiger charge is -2.11. The maximum Gasteiger partial charge on any atom is 0.271 e. The van der Waals surface area contributed by atoms with Gasteiger partial charge in [-0.3, -0.25) is 4.79 Å². The summed E-state index contributed by atoms with van der Waals surface area (Å²) in [6.07, 6.45) is 0. The van der Waals surface area contributed by atoms with E-state index >= 15 is 0 Å². The number of hydrogen-bond donors (Lipinski definition) is 1. The fourth-order valence-corrected chi connectivity index (χ4v) is 2.49. The van der Waals surface area contributed by atoms with Crippen LogP contribution in [0.2, 0.25) is 0 Å². The van der Waals surface area contributed by atoms with Gasteiger partial charge in [-0.05, 0) is 18.2 Å². The van der Waals surface area contributed by atoms with E-state index in [1.807, 2.05) is 54.6 Å². The second kappa shape index (κ2) is 6.87. The number of thiazole rings is 1. The van der Waals surface area contributed by atoms with Crippen LogP contribution in [0.4, 0.5) is 0 Å². The van der Waals surface area contributed by atoms with Gasteiger partial charge in [0.2, 0.25) is 0 Å². The first-order chi connectivity index (χ1) is 10.8. The summed E-state index contributed by atoms with van der Waals surface area (Å²) >= 11 is 1.40. The molecule has 0 fully saturated rings. The highest BCUT2D eigenvalue weighted by Crippen LogP contribution is 2.24. The van der Waals surface area contributed by atoms with Crippen molar-refractivity contribution in [1.29, 1.82) is 0 Å². The molecular formula is C17H14N2O2S. The highest BCUT2D eigenvalue weighted by Gasteiger charge is 2.09. The second-order valence-corrected chi connectivity index (χ2v) is 5.30. The molecule has 0 spiro atoms. The Morgan fingerprint density at radius 2 is 1.86 bits per heavy atom. The number of nitrogens with one attached hydrogen (secondary N) is 1. The van der Waals surface area contributed by atoms with Gasteiger partial charge >= 0.3 is 0 Å². The van der Waals surface area contributed by atoms with Gasteiger partial charge in [0.05, 0.1) is 5.51 Å². The van der Waals surface area contributed by atoms with Gasteiger partial charge in [0.25, 0.3) is 5.91 Å². The Balaban J connectivity index is 1.70. The number of carbonyl (C=O) groups is 1. The number of aromatic nitrogens is 1. The van der Waals surface area contributed by atoms with Crippen molar-refractivity contribution in [3.8, 4) is 11.5 Å². The lowest BCUT2D eigenvalue weighted by Crippen LogP contribution is -2.23. The molecule has 0 aliphatic carbocycles. The van der Waals surface area contributed by atoms with Crippen LogP contribution in [0, 0.1) is 0 Å². The van der Waals surface area contributed by atoms with Crippen molar-refractivity contribution in [2.24, 2.45) is 0 Å². The van der Waals surface area contributed by atoms with Crippen LogP contribution in [0.3, 0.4) is 0 Å². The van der Waals surface area contributed by atoms with Gasteiger partial charge in [-0.2, -0.15) is 0 Å². The Morgan fingerprint density at radius 1 is 1.09 bits per heavy atom. The van der Waals surface area contributed by atoms with Gasteiger partial charge in [0.15, 0.2) is 0 Å². The summed E-state index contributed by atoms with van der Waals surface area (Å²) in [5, 5.41) is 4.58. The molecule has 0 bridgehead atoms. The van der Waals surface area contributed by atoms with E-state index in [0.717, 1.165) is 17.1 Å². The molecule has 1 heterocycles. The van der Waals surface area contributed by atoms with Crippen molar-refractivity contribution in [2.75, 3.05) is 0 Å². The number of nitrogens with zero attached hydrogens (tertiary/aromatic N) is 1. The van der Waals surface area contributed by atoms with Crippen molar-refractivity contribution in [1.82, 2.24) is 10.3 Å². The van der Waals surface area contributed by atoms with Gasteiger partial charge in [0.1, 0.15) is 17.2 Å². The Labute approximate surface area is 132 Å². The molecule has 0 aliphatic heterocycles. The second-order valence-electron chi connectivity index (χ2n) is 4.58. The van der Waals surface area contributed by atoms with Crippen molar-refractivity contribution < 1.29 is 9.53 Å². The molecule has 0 atom stereocenters. The van der Waals surface area contributed by atoms with E-state index in [1.165, 1.54) is 11.3 Å². The number of carbonyl (C=O) groups excluding carboxylic acids is 1. The van der Waals surface area contributed by atoms with E-state index in [4.69, 9.17) is 4.74 Å². The molecule has 22 heavy (non-hydrogen) atoms. The Hall–Kier alpha value is -2.66. The molecular weight excluding hydrogens is 296 g/mol. The van der Waals surface area contributed by atoms with E-state index in [0.29, 0.717) is 12.2 Å². The third-order valence-corrected chi connectivity index (χ3v) is 3.63. The van der Waals surface area contributed by atoms with E-state index < -0.39 is 0 Å². The van der Waals surface area contributed by atoms with Crippen molar-refractivity contribution >= 4 is 17.2 Å². The smallest absolute Gasteiger partial charge is 0.271 e. The number of ether oxygens (including phenoxy) is 1. The van der Waals surface area contributed by atoms with Crippen LogP contribution in [-0.4, -0.2) is 10.9 Å². The quantitative estimate of drug-likeness (QED) is 0.778. The van der Waals surface area contributed by atoms with Crippen molar-refractivity contribution in [3.63, 3.8) is 0 Å². The van der Waals surface area contributed by atoms with Crippen molar-refractivity contribution in [3.05, 3.63) is 76.7 Å². The molecule has 0 saturated heterocycles. The maximum absolute atomic E-state index is 11.9. The Morgan fingerprint density at radius 3 is 2.64 bits per heavy atom. The van der Waals surface area contributed by atoms with E-state index in [1.54, 1.807) is 10.9 Å². The zero-order valence-electron chi connectivity index (χ0n) is 11.7. The van der Waals surface area contributed by atoms with E-state index in [2.05, 4.69) is 10.3 Å². The summed E-state index contributed by atoms with van der Waals surface area (Å²) < 4.78 is 5.87. The predicted octanol–water partition coefficient (Wildman–Crippen LogP) is 3.87. The van der Waals surface area contributed by atoms with Crippen LogP contribution in [0.1, 0.15) is 16.1 Å². The Bertz CT molecular complexity index is 742. The molecule has 0 radical (unpaired) electrons. The molecule has 3 rings (SSSR count). The minimum Gasteiger partial charge on any atom is -0.457 e. The van der Waals surface area contributed by atoms with E-state index in [-0.39, 0.29) is 5.91 Å². The molecule has 3 aromatic rings. The molecule has 1 aromatic heterocycles. The van der Waals surface area contributed by atoms with Crippen LogP contribution in [0.25, 0.3) is 0 Å². The molecule has 2 aromatic carbocycles. The molecule has 0 aliphatic rings. The van der Waals surface area contributed by atoms with Crippen LogP contribution in [-0.2, 0) is 6.54 Å². The van der Waals surface area contributed by atoms with Gasteiger partial charge < -0.3 is 10.1 Å². The van der Waals surface area contributed by atoms with Crippen molar-refractivity contribution in [2.45, 2.75) is 6.54 Å². The minimum absolute atomic E-state index is 0.184. The highest BCUT2D eigenvalue weighted by atomic mass is 32.1. The standard InChI is InChI=1S/C17H14N2O2S/c20-17(15-11-22-12-19-15)18-10-13-6-4-5-9-16(13)21-14-7-2-1-3-8-14/h1-9,11-12H,10H2,(H,18,20). The van der Waals surface area contributed by atoms with Crippen LogP contribution in [0.5, 0.6) is 11.5 Å². The average molecular weight is 310 g/mol. The summed E-state index contributed by atoms with van der Waals surface area (Å²) in [5.41, 5.74) is 2.99. The van der Waals surface area contributed by atoms with Gasteiger partial charge in [-0.1, -0.05) is 36.4 Å². The summed E-state index contributed by atoms with van der Waals surface area (Å²) in [5.74, 6) is 1.31. The number of para-hydroxylation sites is 2. The third kappa shape index (κ3) is 3.51.